The number of quaternary nitrogens is 1. The lowest BCUT2D eigenvalue weighted by molar-refractivity contribution is -0.796. The third-order valence-corrected chi connectivity index (χ3v) is 6.23. The average Bonchev–Trinajstić information content (AvgIpc) is 2.80. The second-order valence-electron chi connectivity index (χ2n) is 9.01. The Morgan fingerprint density at radius 2 is 1.70 bits per heavy atom. The largest absolute Gasteiger partial charge is 0.493 e. The van der Waals surface area contributed by atoms with Gasteiger partial charge in [-0.25, -0.2) is 4.98 Å². The Labute approximate surface area is 195 Å². The van der Waals surface area contributed by atoms with Crippen molar-refractivity contribution < 1.29 is 18.7 Å². The molecule has 6 nitrogen and oxygen atoms in total. The Morgan fingerprint density at radius 1 is 0.939 bits per heavy atom. The monoisotopic (exact) mass is 446 g/mol. The number of likely N-dealkylation sites (N-methyl/N-ethyl adjacent to an activating group) is 1. The fourth-order valence-corrected chi connectivity index (χ4v) is 4.16. The van der Waals surface area contributed by atoms with Crippen LogP contribution in [-0.2, 0) is 17.8 Å². The molecule has 0 N–H and O–H groups in total. The van der Waals surface area contributed by atoms with Crippen molar-refractivity contribution in [2.24, 2.45) is 4.99 Å². The SMILES string of the molecule is COc1ccc(CC2=C(OCc3cc(C)c4ccccc4n3)N=C(C)[N+](C)(C)C2)cc1OC. The standard InChI is InChI=1S/C27H32N3O3/c1-18-13-22(29-24-10-8-7-9-23(18)24)17-33-27-21(16-30(3,4)19(2)28-27)14-20-11-12-25(31-5)26(15-20)32-6/h7-13,15H,14,16-17H2,1-6H3/q+1. The molecule has 0 unspecified atom stereocenters. The number of pyridine rings is 1. The lowest BCUT2D eigenvalue weighted by atomic mass is 10.0. The van der Waals surface area contributed by atoms with Crippen molar-refractivity contribution in [1.29, 1.82) is 0 Å². The van der Waals surface area contributed by atoms with Crippen LogP contribution in [0.15, 0.2) is 65.0 Å². The lowest BCUT2D eigenvalue weighted by Crippen LogP contribution is -2.48. The molecule has 0 fully saturated rings. The summed E-state index contributed by atoms with van der Waals surface area (Å²) in [6.45, 7) is 5.36. The number of amidine groups is 1. The van der Waals surface area contributed by atoms with E-state index in [9.17, 15) is 0 Å². The number of aryl methyl sites for hydroxylation is 1. The molecule has 6 heteroatoms. The maximum atomic E-state index is 6.29. The summed E-state index contributed by atoms with van der Waals surface area (Å²) < 4.78 is 17.9. The highest BCUT2D eigenvalue weighted by molar-refractivity contribution is 5.82. The summed E-state index contributed by atoms with van der Waals surface area (Å²) in [6.07, 6.45) is 0.721. The van der Waals surface area contributed by atoms with E-state index in [1.165, 1.54) is 10.9 Å². The minimum atomic E-state index is 0.376. The van der Waals surface area contributed by atoms with Gasteiger partial charge in [0, 0.05) is 18.7 Å². The second kappa shape index (κ2) is 9.24. The summed E-state index contributed by atoms with van der Waals surface area (Å²) in [5.74, 6) is 3.15. The molecule has 0 bridgehead atoms. The van der Waals surface area contributed by atoms with E-state index in [0.717, 1.165) is 52.6 Å². The topological polar surface area (TPSA) is 52.9 Å². The molecule has 0 saturated heterocycles. The number of rotatable bonds is 7. The summed E-state index contributed by atoms with van der Waals surface area (Å²) in [6, 6.07) is 16.3. The second-order valence-corrected chi connectivity index (χ2v) is 9.01. The zero-order chi connectivity index (χ0) is 23.6. The van der Waals surface area contributed by atoms with Gasteiger partial charge in [0.1, 0.15) is 13.2 Å². The van der Waals surface area contributed by atoms with Crippen molar-refractivity contribution >= 4 is 16.7 Å². The van der Waals surface area contributed by atoms with Crippen molar-refractivity contribution in [1.82, 2.24) is 4.98 Å². The fraction of sp³-hybridized carbons (Fsp3) is 0.333. The molecule has 2 aromatic carbocycles. The smallest absolute Gasteiger partial charge is 0.223 e. The zero-order valence-electron chi connectivity index (χ0n) is 20.3. The number of hydrogen-bond acceptors (Lipinski definition) is 5. The number of para-hydroxylation sites is 1. The van der Waals surface area contributed by atoms with Crippen LogP contribution in [0.5, 0.6) is 11.5 Å². The number of ether oxygens (including phenoxy) is 3. The lowest BCUT2D eigenvalue weighted by Gasteiger charge is -2.33. The van der Waals surface area contributed by atoms with Gasteiger partial charge in [-0.2, -0.15) is 4.99 Å². The molecule has 172 valence electrons. The molecule has 0 atom stereocenters. The van der Waals surface area contributed by atoms with Gasteiger partial charge in [0.15, 0.2) is 11.5 Å². The first-order valence-electron chi connectivity index (χ1n) is 11.1. The Balaban J connectivity index is 1.63. The summed E-state index contributed by atoms with van der Waals surface area (Å²) >= 11 is 0. The Bertz CT molecular complexity index is 1240. The van der Waals surface area contributed by atoms with Crippen molar-refractivity contribution in [3.05, 3.63) is 76.8 Å². The highest BCUT2D eigenvalue weighted by atomic mass is 16.5. The number of hydrogen-bond donors (Lipinski definition) is 0. The van der Waals surface area contributed by atoms with Crippen LogP contribution in [-0.4, -0.2) is 50.2 Å². The van der Waals surface area contributed by atoms with Crippen LogP contribution < -0.4 is 9.47 Å². The van der Waals surface area contributed by atoms with Crippen LogP contribution in [0.25, 0.3) is 10.9 Å². The predicted octanol–water partition coefficient (Wildman–Crippen LogP) is 5.04. The quantitative estimate of drug-likeness (QED) is 0.477. The Hall–Kier alpha value is -3.38. The zero-order valence-corrected chi connectivity index (χ0v) is 20.3. The average molecular weight is 447 g/mol. The molecule has 0 aliphatic carbocycles. The third-order valence-electron chi connectivity index (χ3n) is 6.23. The van der Waals surface area contributed by atoms with Gasteiger partial charge in [0.25, 0.3) is 0 Å². The van der Waals surface area contributed by atoms with Gasteiger partial charge in [-0.05, 0) is 42.3 Å². The highest BCUT2D eigenvalue weighted by Crippen LogP contribution is 2.31. The molecule has 1 aliphatic rings. The highest BCUT2D eigenvalue weighted by Gasteiger charge is 2.30. The molecule has 0 amide bonds. The minimum absolute atomic E-state index is 0.376. The van der Waals surface area contributed by atoms with E-state index in [2.05, 4.69) is 46.1 Å². The first-order chi connectivity index (χ1) is 15.8. The minimum Gasteiger partial charge on any atom is -0.493 e. The van der Waals surface area contributed by atoms with Gasteiger partial charge in [0.2, 0.25) is 11.7 Å². The molecule has 3 aromatic rings. The molecule has 1 aliphatic heterocycles. The summed E-state index contributed by atoms with van der Waals surface area (Å²) in [5.41, 5.74) is 5.35. The maximum Gasteiger partial charge on any atom is 0.223 e. The molecule has 2 heterocycles. The van der Waals surface area contributed by atoms with Gasteiger partial charge in [-0.15, -0.1) is 0 Å². The molecule has 33 heavy (non-hydrogen) atoms. The molecule has 0 saturated carbocycles. The molecule has 1 aromatic heterocycles. The van der Waals surface area contributed by atoms with Crippen LogP contribution in [0.4, 0.5) is 0 Å². The van der Waals surface area contributed by atoms with Crippen LogP contribution in [0.3, 0.4) is 0 Å². The van der Waals surface area contributed by atoms with E-state index in [-0.39, 0.29) is 0 Å². The molecule has 4 rings (SSSR count). The fourth-order valence-electron chi connectivity index (χ4n) is 4.16. The van der Waals surface area contributed by atoms with Crippen molar-refractivity contribution in [3.63, 3.8) is 0 Å². The Kier molecular flexibility index (Phi) is 6.38. The van der Waals surface area contributed by atoms with Crippen LogP contribution in [0.2, 0.25) is 0 Å². The van der Waals surface area contributed by atoms with Gasteiger partial charge < -0.3 is 14.2 Å². The summed E-state index contributed by atoms with van der Waals surface area (Å²) in [5, 5.41) is 1.17. The number of methoxy groups -OCH3 is 2. The number of fused-ring (bicyclic) bond motifs is 1. The first-order valence-corrected chi connectivity index (χ1v) is 11.1. The summed E-state index contributed by atoms with van der Waals surface area (Å²) in [7, 11) is 7.63. The number of aliphatic imine (C=N–C) groups is 1. The van der Waals surface area contributed by atoms with Crippen LogP contribution in [0.1, 0.15) is 23.7 Å². The molecular weight excluding hydrogens is 414 g/mol. The number of aromatic nitrogens is 1. The van der Waals surface area contributed by atoms with Gasteiger partial charge >= 0.3 is 0 Å². The third kappa shape index (κ3) is 4.86. The Morgan fingerprint density at radius 3 is 2.45 bits per heavy atom. The van der Waals surface area contributed by atoms with E-state index in [0.29, 0.717) is 17.0 Å². The van der Waals surface area contributed by atoms with E-state index in [1.54, 1.807) is 14.2 Å². The predicted molar refractivity (Wildman–Crippen MR) is 132 cm³/mol. The van der Waals surface area contributed by atoms with E-state index >= 15 is 0 Å². The molecular formula is C27H32N3O3+. The number of benzene rings is 2. The van der Waals surface area contributed by atoms with E-state index < -0.39 is 0 Å². The maximum absolute atomic E-state index is 6.29. The van der Waals surface area contributed by atoms with E-state index in [1.807, 2.05) is 30.3 Å². The van der Waals surface area contributed by atoms with Crippen LogP contribution in [0, 0.1) is 6.92 Å². The summed E-state index contributed by atoms with van der Waals surface area (Å²) in [4.78, 5) is 9.64. The van der Waals surface area contributed by atoms with Crippen molar-refractivity contribution in [2.75, 3.05) is 34.9 Å². The van der Waals surface area contributed by atoms with Gasteiger partial charge in [-0.1, -0.05) is 24.3 Å². The first kappa shape index (κ1) is 22.8. The molecule has 0 radical (unpaired) electrons. The van der Waals surface area contributed by atoms with Crippen molar-refractivity contribution in [3.8, 4) is 11.5 Å². The van der Waals surface area contributed by atoms with Crippen LogP contribution >= 0.6 is 0 Å². The molecule has 0 spiro atoms. The van der Waals surface area contributed by atoms with E-state index in [4.69, 9.17) is 24.2 Å². The van der Waals surface area contributed by atoms with Gasteiger partial charge in [0.05, 0.1) is 45.1 Å². The van der Waals surface area contributed by atoms with Gasteiger partial charge in [-0.3, -0.25) is 4.48 Å². The van der Waals surface area contributed by atoms with Crippen molar-refractivity contribution in [2.45, 2.75) is 26.9 Å². The number of nitrogens with zero attached hydrogens (tertiary/aromatic N) is 3. The normalized spacial score (nSPS) is 15.4.